The van der Waals surface area contributed by atoms with Crippen molar-refractivity contribution in [3.8, 4) is 0 Å². The molecule has 11 atom stereocenters. The fraction of sp³-hybridized carbons (Fsp3) is 0.882. The Kier molecular flexibility index (Phi) is 7.77. The van der Waals surface area contributed by atoms with Crippen LogP contribution in [-0.4, -0.2) is 131 Å². The van der Waals surface area contributed by atoms with Crippen LogP contribution in [0.25, 0.3) is 0 Å². The fourth-order valence-electron chi connectivity index (χ4n) is 3.74. The average molecular weight is 455 g/mol. The maximum absolute atomic E-state index is 12.3. The Morgan fingerprint density at radius 1 is 1.13 bits per heavy atom. The van der Waals surface area contributed by atoms with E-state index in [2.05, 4.69) is 5.32 Å². The molecule has 2 heterocycles. The van der Waals surface area contributed by atoms with Crippen LogP contribution in [0.2, 0.25) is 0 Å². The first kappa shape index (κ1) is 26.0. The number of nitrogens with one attached hydrogen (secondary N) is 1. The molecule has 0 aromatic carbocycles. The summed E-state index contributed by atoms with van der Waals surface area (Å²) in [6.07, 6.45) is -14.9. The third-order valence-corrected chi connectivity index (χ3v) is 5.74. The highest BCUT2D eigenvalue weighted by atomic mass is 16.7. The number of aliphatic hydroxyl groups is 8. The number of hydrogen-bond acceptors (Lipinski definition) is 13. The van der Waals surface area contributed by atoms with Crippen molar-refractivity contribution in [1.82, 2.24) is 5.32 Å². The maximum Gasteiger partial charge on any atom is 0.364 e. The first-order valence-corrected chi connectivity index (χ1v) is 9.49. The number of carbonyl (C=O) groups is 2. The van der Waals surface area contributed by atoms with Gasteiger partial charge in [0.15, 0.2) is 5.78 Å². The molecule has 0 amide bonds. The summed E-state index contributed by atoms with van der Waals surface area (Å²) in [5.41, 5.74) is -2.74. The van der Waals surface area contributed by atoms with Gasteiger partial charge in [0, 0.05) is 0 Å². The van der Waals surface area contributed by atoms with E-state index in [0.29, 0.717) is 0 Å². The molecule has 0 unspecified atom stereocenters. The topological polar surface area (TPSA) is 247 Å². The SMILES string of the molecule is CC(=O)[C@]1(O)C[C@@](O)(C(=O)O)O[C@@H]([C@H](O)[C@H](O)CO)[C@@H]1N[C@@H]1O[C@@H](C)[C@@H](O)[C@@H](O)[C@@H]1O. The van der Waals surface area contributed by atoms with Crippen LogP contribution in [0.15, 0.2) is 0 Å². The summed E-state index contributed by atoms with van der Waals surface area (Å²) in [4.78, 5) is 23.8. The van der Waals surface area contributed by atoms with Crippen molar-refractivity contribution in [2.75, 3.05) is 6.61 Å². The van der Waals surface area contributed by atoms with Crippen molar-refractivity contribution >= 4 is 11.8 Å². The summed E-state index contributed by atoms with van der Waals surface area (Å²) in [6.45, 7) is 1.20. The lowest BCUT2D eigenvalue weighted by Crippen LogP contribution is -2.76. The zero-order chi connectivity index (χ0) is 23.9. The number of carboxylic acid groups (broad SMARTS) is 1. The minimum Gasteiger partial charge on any atom is -0.477 e. The predicted octanol–water partition coefficient (Wildman–Crippen LogP) is -5.63. The van der Waals surface area contributed by atoms with Gasteiger partial charge in [0.1, 0.15) is 48.5 Å². The van der Waals surface area contributed by atoms with E-state index in [4.69, 9.17) is 14.6 Å². The highest BCUT2D eigenvalue weighted by Gasteiger charge is 2.63. The Hall–Kier alpha value is -1.30. The van der Waals surface area contributed by atoms with Crippen LogP contribution in [0.5, 0.6) is 0 Å². The van der Waals surface area contributed by atoms with Crippen molar-refractivity contribution in [3.05, 3.63) is 0 Å². The number of ketones is 1. The second-order valence-electron chi connectivity index (χ2n) is 7.95. The molecule has 0 aromatic heterocycles. The van der Waals surface area contributed by atoms with Crippen LogP contribution in [0, 0.1) is 0 Å². The molecule has 2 fully saturated rings. The van der Waals surface area contributed by atoms with Gasteiger partial charge in [0.25, 0.3) is 5.79 Å². The van der Waals surface area contributed by atoms with Gasteiger partial charge in [-0.3, -0.25) is 10.1 Å². The molecule has 10 N–H and O–H groups in total. The van der Waals surface area contributed by atoms with Gasteiger partial charge in [-0.05, 0) is 13.8 Å². The Morgan fingerprint density at radius 3 is 2.19 bits per heavy atom. The lowest BCUT2D eigenvalue weighted by atomic mass is 9.75. The number of hydrogen-bond donors (Lipinski definition) is 10. The Morgan fingerprint density at radius 2 is 1.71 bits per heavy atom. The van der Waals surface area contributed by atoms with Gasteiger partial charge in [0.2, 0.25) is 0 Å². The van der Waals surface area contributed by atoms with Crippen LogP contribution >= 0.6 is 0 Å². The molecule has 2 aliphatic heterocycles. The van der Waals surface area contributed by atoms with E-state index in [1.54, 1.807) is 0 Å². The van der Waals surface area contributed by atoms with E-state index in [1.165, 1.54) is 6.92 Å². The summed E-state index contributed by atoms with van der Waals surface area (Å²) in [6, 6.07) is -1.81. The van der Waals surface area contributed by atoms with Crippen LogP contribution < -0.4 is 5.32 Å². The van der Waals surface area contributed by atoms with Crippen molar-refractivity contribution in [2.45, 2.75) is 86.7 Å². The van der Waals surface area contributed by atoms with Gasteiger partial charge >= 0.3 is 5.97 Å². The van der Waals surface area contributed by atoms with Crippen LogP contribution in [0.3, 0.4) is 0 Å². The molecule has 2 aliphatic rings. The summed E-state index contributed by atoms with van der Waals surface area (Å²) in [5, 5.41) is 92.6. The van der Waals surface area contributed by atoms with Crippen molar-refractivity contribution in [2.24, 2.45) is 0 Å². The molecule has 2 rings (SSSR count). The Bertz CT molecular complexity index is 678. The largest absolute Gasteiger partial charge is 0.477 e. The third kappa shape index (κ3) is 4.74. The van der Waals surface area contributed by atoms with Gasteiger partial charge < -0.3 is 55.4 Å². The lowest BCUT2D eigenvalue weighted by Gasteiger charge is -2.52. The van der Waals surface area contributed by atoms with E-state index < -0.39 is 91.2 Å². The molecule has 0 aromatic rings. The van der Waals surface area contributed by atoms with Crippen LogP contribution in [0.4, 0.5) is 0 Å². The van der Waals surface area contributed by atoms with Crippen LogP contribution in [0.1, 0.15) is 20.3 Å². The minimum absolute atomic E-state index is 0.869. The monoisotopic (exact) mass is 455 g/mol. The summed E-state index contributed by atoms with van der Waals surface area (Å²) < 4.78 is 10.4. The number of Topliss-reactive ketones (excluding diaryl/α,β-unsaturated/α-hetero) is 1. The summed E-state index contributed by atoms with van der Waals surface area (Å²) in [5.74, 6) is -6.22. The predicted molar refractivity (Wildman–Crippen MR) is 96.1 cm³/mol. The quantitative estimate of drug-likeness (QED) is 0.172. The second kappa shape index (κ2) is 9.29. The normalized spacial score (nSPS) is 45.7. The fourth-order valence-corrected chi connectivity index (χ4v) is 3.74. The zero-order valence-electron chi connectivity index (χ0n) is 16.8. The third-order valence-electron chi connectivity index (χ3n) is 5.74. The molecule has 14 heteroatoms. The number of carboxylic acids is 1. The first-order chi connectivity index (χ1) is 14.2. The van der Waals surface area contributed by atoms with Gasteiger partial charge in [0.05, 0.1) is 25.2 Å². The highest BCUT2D eigenvalue weighted by Crippen LogP contribution is 2.38. The number of carbonyl (C=O) groups excluding carboxylic acids is 1. The summed E-state index contributed by atoms with van der Waals surface area (Å²) >= 11 is 0. The number of rotatable bonds is 7. The van der Waals surface area contributed by atoms with Crippen molar-refractivity contribution in [3.63, 3.8) is 0 Å². The van der Waals surface area contributed by atoms with Gasteiger partial charge in [-0.2, -0.15) is 0 Å². The molecule has 0 aliphatic carbocycles. The second-order valence-corrected chi connectivity index (χ2v) is 7.95. The average Bonchev–Trinajstić information content (AvgIpc) is 2.70. The van der Waals surface area contributed by atoms with Crippen LogP contribution in [-0.2, 0) is 19.1 Å². The van der Waals surface area contributed by atoms with E-state index in [1.807, 2.05) is 0 Å². The molecule has 0 radical (unpaired) electrons. The Balaban J connectivity index is 2.49. The molecule has 2 saturated heterocycles. The number of aliphatic hydroxyl groups excluding tert-OH is 6. The van der Waals surface area contributed by atoms with Gasteiger partial charge in [-0.1, -0.05) is 0 Å². The molecule has 14 nitrogen and oxygen atoms in total. The van der Waals surface area contributed by atoms with Crippen molar-refractivity contribution in [1.29, 1.82) is 0 Å². The molecule has 180 valence electrons. The lowest BCUT2D eigenvalue weighted by molar-refractivity contribution is -0.314. The molecule has 31 heavy (non-hydrogen) atoms. The summed E-state index contributed by atoms with van der Waals surface area (Å²) in [7, 11) is 0. The molecular formula is C17H29NO13. The molecule has 0 spiro atoms. The Labute approximate surface area is 176 Å². The van der Waals surface area contributed by atoms with E-state index in [0.717, 1.165) is 6.92 Å². The van der Waals surface area contributed by atoms with Gasteiger partial charge in [-0.15, -0.1) is 0 Å². The van der Waals surface area contributed by atoms with Crippen molar-refractivity contribution < 1.29 is 65.0 Å². The van der Waals surface area contributed by atoms with E-state index >= 15 is 0 Å². The standard InChI is InChI=1S/C17H29NO13/c1-5-8(22)10(24)11(25)14(30-5)18-13-12(9(23)7(21)3-19)31-17(29,15(26)27)4-16(13,28)6(2)20/h5,7-14,18-19,21-25,28-29H,3-4H2,1-2H3,(H,26,27)/t5-,7+,8+,9+,10+,11-,12-,13-,14+,16+,17-/m0/s1. The smallest absolute Gasteiger partial charge is 0.364 e. The first-order valence-electron chi connectivity index (χ1n) is 9.49. The number of aliphatic carboxylic acids is 1. The molecule has 0 saturated carbocycles. The highest BCUT2D eigenvalue weighted by molar-refractivity contribution is 5.88. The number of ether oxygens (including phenoxy) is 2. The maximum atomic E-state index is 12.3. The minimum atomic E-state index is -3.16. The van der Waals surface area contributed by atoms with E-state index in [-0.39, 0.29) is 0 Å². The molecular weight excluding hydrogens is 426 g/mol. The zero-order valence-corrected chi connectivity index (χ0v) is 16.8. The molecule has 0 bridgehead atoms. The van der Waals surface area contributed by atoms with E-state index in [9.17, 15) is 50.4 Å². The van der Waals surface area contributed by atoms with Gasteiger partial charge in [-0.25, -0.2) is 4.79 Å².